The van der Waals surface area contributed by atoms with Gasteiger partial charge in [-0.2, -0.15) is 0 Å². The second-order valence-corrected chi connectivity index (χ2v) is 8.59. The number of nitrogens with zero attached hydrogens (tertiary/aromatic N) is 2. The molecule has 0 amide bonds. The second kappa shape index (κ2) is 9.23. The number of hydrogen-bond donors (Lipinski definition) is 0. The summed E-state index contributed by atoms with van der Waals surface area (Å²) in [7, 11) is 2.17. The minimum absolute atomic E-state index is 0.189. The minimum Gasteiger partial charge on any atom is -0.492 e. The molecular weight excluding hydrogens is 392 g/mol. The fourth-order valence-corrected chi connectivity index (χ4v) is 4.63. The van der Waals surface area contributed by atoms with Crippen molar-refractivity contribution in [1.82, 2.24) is 9.88 Å². The Morgan fingerprint density at radius 1 is 1.18 bits per heavy atom. The summed E-state index contributed by atoms with van der Waals surface area (Å²) in [5.74, 6) is 1.29. The summed E-state index contributed by atoms with van der Waals surface area (Å²) in [6, 6.07) is 16.4. The molecule has 0 aliphatic carbocycles. The average molecular weight is 417 g/mol. The van der Waals surface area contributed by atoms with Crippen LogP contribution >= 0.6 is 22.9 Å². The van der Waals surface area contributed by atoms with E-state index in [1.54, 1.807) is 11.3 Å². The summed E-state index contributed by atoms with van der Waals surface area (Å²) < 4.78 is 13.6. The van der Waals surface area contributed by atoms with Crippen molar-refractivity contribution in [3.05, 3.63) is 59.1 Å². The number of rotatable bonds is 7. The number of para-hydroxylation sites is 1. The molecule has 0 spiro atoms. The lowest BCUT2D eigenvalue weighted by Gasteiger charge is -2.31. The average Bonchev–Trinajstić information content (AvgIpc) is 3.16. The van der Waals surface area contributed by atoms with Crippen molar-refractivity contribution in [3.63, 3.8) is 0 Å². The molecule has 2 aromatic carbocycles. The van der Waals surface area contributed by atoms with Crippen molar-refractivity contribution < 1.29 is 9.47 Å². The molecule has 1 aliphatic rings. The summed E-state index contributed by atoms with van der Waals surface area (Å²) in [6.07, 6.45) is 2.13. The first kappa shape index (κ1) is 19.6. The van der Waals surface area contributed by atoms with Gasteiger partial charge in [-0.15, -0.1) is 22.9 Å². The van der Waals surface area contributed by atoms with Crippen molar-refractivity contribution in [2.45, 2.75) is 25.0 Å². The number of aromatic nitrogens is 1. The Labute approximate surface area is 175 Å². The molecule has 2 heterocycles. The third-order valence-electron chi connectivity index (χ3n) is 5.04. The highest BCUT2D eigenvalue weighted by Gasteiger charge is 2.26. The van der Waals surface area contributed by atoms with Crippen molar-refractivity contribution in [2.24, 2.45) is 0 Å². The van der Waals surface area contributed by atoms with E-state index >= 15 is 0 Å². The van der Waals surface area contributed by atoms with E-state index in [9.17, 15) is 0 Å². The van der Waals surface area contributed by atoms with Gasteiger partial charge in [0.1, 0.15) is 23.5 Å². The van der Waals surface area contributed by atoms with Crippen LogP contribution in [0.4, 0.5) is 0 Å². The SMILES string of the molecule is CN1CCC(OC(c2cccc(OCCCl)c2)c2nc3ccccc3s2)CC1. The van der Waals surface area contributed by atoms with Crippen LogP contribution in [-0.4, -0.2) is 48.6 Å². The van der Waals surface area contributed by atoms with E-state index in [-0.39, 0.29) is 12.2 Å². The fourth-order valence-electron chi connectivity index (χ4n) is 3.52. The highest BCUT2D eigenvalue weighted by Crippen LogP contribution is 2.36. The molecule has 6 heteroatoms. The number of fused-ring (bicyclic) bond motifs is 1. The monoisotopic (exact) mass is 416 g/mol. The molecule has 3 aromatic rings. The number of piperidine rings is 1. The third kappa shape index (κ3) is 4.66. The zero-order chi connectivity index (χ0) is 19.3. The molecule has 1 fully saturated rings. The van der Waals surface area contributed by atoms with Crippen LogP contribution in [0.5, 0.6) is 5.75 Å². The third-order valence-corrected chi connectivity index (χ3v) is 6.27. The number of ether oxygens (including phenoxy) is 2. The van der Waals surface area contributed by atoms with Crippen molar-refractivity contribution >= 4 is 33.2 Å². The largest absolute Gasteiger partial charge is 0.492 e. The van der Waals surface area contributed by atoms with Crippen LogP contribution in [-0.2, 0) is 4.74 Å². The molecule has 1 saturated heterocycles. The Balaban J connectivity index is 1.64. The Morgan fingerprint density at radius 2 is 2.00 bits per heavy atom. The molecule has 4 nitrogen and oxygen atoms in total. The predicted molar refractivity (Wildman–Crippen MR) is 116 cm³/mol. The molecule has 0 N–H and O–H groups in total. The Morgan fingerprint density at radius 3 is 2.79 bits per heavy atom. The summed E-state index contributed by atoms with van der Waals surface area (Å²) in [5.41, 5.74) is 2.10. The van der Waals surface area contributed by atoms with Gasteiger partial charge in [-0.3, -0.25) is 0 Å². The first-order valence-corrected chi connectivity index (χ1v) is 11.1. The zero-order valence-electron chi connectivity index (χ0n) is 16.0. The normalized spacial score (nSPS) is 17.1. The van der Waals surface area contributed by atoms with E-state index in [2.05, 4.69) is 42.3 Å². The molecule has 1 aromatic heterocycles. The van der Waals surface area contributed by atoms with Gasteiger partial charge in [0, 0.05) is 13.1 Å². The lowest BCUT2D eigenvalue weighted by Crippen LogP contribution is -2.35. The Bertz CT molecular complexity index is 875. The highest BCUT2D eigenvalue weighted by molar-refractivity contribution is 7.18. The van der Waals surface area contributed by atoms with Crippen LogP contribution in [0.3, 0.4) is 0 Å². The van der Waals surface area contributed by atoms with E-state index in [1.165, 1.54) is 4.70 Å². The van der Waals surface area contributed by atoms with Crippen molar-refractivity contribution in [3.8, 4) is 5.75 Å². The van der Waals surface area contributed by atoms with Crippen molar-refractivity contribution in [1.29, 1.82) is 0 Å². The Hall–Kier alpha value is -1.66. The molecule has 1 unspecified atom stereocenters. The first-order chi connectivity index (χ1) is 13.7. The molecule has 28 heavy (non-hydrogen) atoms. The van der Waals surface area contributed by atoms with Gasteiger partial charge in [-0.05, 0) is 49.7 Å². The van der Waals surface area contributed by atoms with Crippen LogP contribution in [0.1, 0.15) is 29.5 Å². The highest BCUT2D eigenvalue weighted by atomic mass is 35.5. The maximum atomic E-state index is 6.64. The van der Waals surface area contributed by atoms with Crippen LogP contribution < -0.4 is 4.74 Å². The topological polar surface area (TPSA) is 34.6 Å². The number of thiazole rings is 1. The Kier molecular flexibility index (Phi) is 6.47. The van der Waals surface area contributed by atoms with E-state index in [0.29, 0.717) is 12.5 Å². The van der Waals surface area contributed by atoms with Gasteiger partial charge in [0.25, 0.3) is 0 Å². The maximum absolute atomic E-state index is 6.64. The molecule has 0 radical (unpaired) electrons. The van der Waals surface area contributed by atoms with Gasteiger partial charge >= 0.3 is 0 Å². The van der Waals surface area contributed by atoms with E-state index in [1.807, 2.05) is 18.2 Å². The molecular formula is C22H25ClN2O2S. The number of alkyl halides is 1. The summed E-state index contributed by atoms with van der Waals surface area (Å²) in [5, 5.41) is 0.995. The lowest BCUT2D eigenvalue weighted by atomic mass is 10.1. The van der Waals surface area contributed by atoms with Crippen LogP contribution in [0.2, 0.25) is 0 Å². The van der Waals surface area contributed by atoms with Gasteiger partial charge in [0.15, 0.2) is 0 Å². The van der Waals surface area contributed by atoms with Gasteiger partial charge in [-0.1, -0.05) is 24.3 Å². The van der Waals surface area contributed by atoms with Crippen LogP contribution in [0.15, 0.2) is 48.5 Å². The lowest BCUT2D eigenvalue weighted by molar-refractivity contribution is -0.0235. The number of hydrogen-bond acceptors (Lipinski definition) is 5. The molecule has 4 rings (SSSR count). The van der Waals surface area contributed by atoms with E-state index in [0.717, 1.165) is 47.8 Å². The van der Waals surface area contributed by atoms with Gasteiger partial charge in [-0.25, -0.2) is 4.98 Å². The molecule has 0 bridgehead atoms. The molecule has 1 aliphatic heterocycles. The summed E-state index contributed by atoms with van der Waals surface area (Å²) >= 11 is 7.48. The smallest absolute Gasteiger partial charge is 0.135 e. The quantitative estimate of drug-likeness (QED) is 0.501. The number of halogens is 1. The summed E-state index contributed by atoms with van der Waals surface area (Å²) in [4.78, 5) is 7.24. The van der Waals surface area contributed by atoms with Gasteiger partial charge in [0.05, 0.1) is 22.2 Å². The predicted octanol–water partition coefficient (Wildman–Crippen LogP) is 5.11. The van der Waals surface area contributed by atoms with Crippen molar-refractivity contribution in [2.75, 3.05) is 32.6 Å². The number of likely N-dealkylation sites (tertiary alicyclic amines) is 1. The molecule has 0 saturated carbocycles. The molecule has 1 atom stereocenters. The minimum atomic E-state index is -0.189. The second-order valence-electron chi connectivity index (χ2n) is 7.15. The number of benzene rings is 2. The molecule has 148 valence electrons. The van der Waals surface area contributed by atoms with E-state index in [4.69, 9.17) is 26.1 Å². The fraction of sp³-hybridized carbons (Fsp3) is 0.409. The first-order valence-electron chi connectivity index (χ1n) is 9.71. The standard InChI is InChI=1S/C22H25ClN2O2S/c1-25-12-9-17(10-13-25)27-21(16-5-4-6-18(15-16)26-14-11-23)22-24-19-7-2-3-8-20(19)28-22/h2-8,15,17,21H,9-14H2,1H3. The zero-order valence-corrected chi connectivity index (χ0v) is 17.6. The van der Waals surface area contributed by atoms with E-state index < -0.39 is 0 Å². The summed E-state index contributed by atoms with van der Waals surface area (Å²) in [6.45, 7) is 2.62. The van der Waals surface area contributed by atoms with Gasteiger partial charge in [0.2, 0.25) is 0 Å². The maximum Gasteiger partial charge on any atom is 0.135 e. The van der Waals surface area contributed by atoms with Crippen LogP contribution in [0.25, 0.3) is 10.2 Å². The van der Waals surface area contributed by atoms with Gasteiger partial charge < -0.3 is 14.4 Å². The van der Waals surface area contributed by atoms with Crippen LogP contribution in [0, 0.1) is 0 Å².